The lowest BCUT2D eigenvalue weighted by Crippen LogP contribution is -2.54. The number of nitrogens with zero attached hydrogens (tertiary/aromatic N) is 1. The molecule has 3 rings (SSSR count). The molecule has 0 atom stereocenters. The summed E-state index contributed by atoms with van der Waals surface area (Å²) >= 11 is 0. The summed E-state index contributed by atoms with van der Waals surface area (Å²) in [7, 11) is 0. The molecule has 0 spiro atoms. The smallest absolute Gasteiger partial charge is 0.326 e. The third-order valence-corrected chi connectivity index (χ3v) is 4.33. The van der Waals surface area contributed by atoms with Crippen molar-refractivity contribution in [1.29, 1.82) is 0 Å². The first kappa shape index (κ1) is 16.3. The molecule has 3 N–H and O–H groups in total. The van der Waals surface area contributed by atoms with E-state index in [1.165, 1.54) is 4.57 Å². The van der Waals surface area contributed by atoms with Crippen LogP contribution in [0.15, 0.2) is 29.1 Å². The van der Waals surface area contributed by atoms with Crippen LogP contribution in [0.2, 0.25) is 0 Å². The number of carbonyl (C=O) groups is 2. The average molecular weight is 333 g/mol. The molecule has 1 saturated heterocycles. The number of H-pyrrole nitrogens is 1. The Morgan fingerprint density at radius 1 is 1.29 bits per heavy atom. The first-order valence-electron chi connectivity index (χ1n) is 7.77. The average Bonchev–Trinajstić information content (AvgIpc) is 2.83. The van der Waals surface area contributed by atoms with E-state index in [0.717, 1.165) is 0 Å². The van der Waals surface area contributed by atoms with Crippen molar-refractivity contribution in [2.45, 2.75) is 31.3 Å². The molecule has 1 aliphatic heterocycles. The number of carboxylic acids is 1. The lowest BCUT2D eigenvalue weighted by Gasteiger charge is -2.36. The van der Waals surface area contributed by atoms with Gasteiger partial charge in [-0.2, -0.15) is 0 Å². The van der Waals surface area contributed by atoms with E-state index in [-0.39, 0.29) is 24.6 Å². The summed E-state index contributed by atoms with van der Waals surface area (Å²) in [5.74, 6) is -1.36. The first-order chi connectivity index (χ1) is 11.5. The van der Waals surface area contributed by atoms with Crippen LogP contribution in [0.3, 0.4) is 0 Å². The van der Waals surface area contributed by atoms with Crippen LogP contribution in [-0.4, -0.2) is 45.3 Å². The zero-order chi connectivity index (χ0) is 17.2. The van der Waals surface area contributed by atoms with Crippen LogP contribution in [-0.2, 0) is 20.9 Å². The summed E-state index contributed by atoms with van der Waals surface area (Å²) in [4.78, 5) is 38.3. The van der Waals surface area contributed by atoms with Gasteiger partial charge in [-0.3, -0.25) is 14.2 Å². The fourth-order valence-corrected chi connectivity index (χ4v) is 3.14. The van der Waals surface area contributed by atoms with Gasteiger partial charge in [0, 0.05) is 13.2 Å². The Balaban J connectivity index is 1.79. The van der Waals surface area contributed by atoms with Crippen molar-refractivity contribution >= 4 is 22.9 Å². The number of imidazole rings is 1. The van der Waals surface area contributed by atoms with E-state index in [9.17, 15) is 14.4 Å². The predicted octanol–water partition coefficient (Wildman–Crippen LogP) is 0.470. The number of fused-ring (bicyclic) bond motifs is 1. The number of ether oxygens (including phenoxy) is 1. The first-order valence-corrected chi connectivity index (χ1v) is 7.77. The van der Waals surface area contributed by atoms with E-state index >= 15 is 0 Å². The highest BCUT2D eigenvalue weighted by Gasteiger charge is 2.36. The Morgan fingerprint density at radius 2 is 2.00 bits per heavy atom. The molecule has 0 radical (unpaired) electrons. The van der Waals surface area contributed by atoms with Gasteiger partial charge in [-0.15, -0.1) is 0 Å². The van der Waals surface area contributed by atoms with Gasteiger partial charge in [-0.25, -0.2) is 4.79 Å². The molecule has 128 valence electrons. The number of amides is 1. The number of aromatic nitrogens is 2. The molecule has 8 heteroatoms. The fraction of sp³-hybridized carbons (Fsp3) is 0.438. The molecule has 0 aliphatic carbocycles. The molecule has 2 heterocycles. The van der Waals surface area contributed by atoms with Crippen molar-refractivity contribution in [1.82, 2.24) is 14.9 Å². The predicted molar refractivity (Wildman–Crippen MR) is 85.7 cm³/mol. The van der Waals surface area contributed by atoms with Gasteiger partial charge in [-0.05, 0) is 25.0 Å². The number of nitrogens with one attached hydrogen (secondary N) is 2. The lowest BCUT2D eigenvalue weighted by atomic mass is 9.86. The standard InChI is InChI=1S/C16H19N3O5/c20-13(18-16(9-14(21)22)5-7-24-8-6-16)10-19-12-4-2-1-3-11(12)17-15(19)23/h1-4H,5-10H2,(H,17,23)(H,18,20)(H,21,22). The van der Waals surface area contributed by atoms with Crippen molar-refractivity contribution in [2.24, 2.45) is 0 Å². The maximum absolute atomic E-state index is 12.4. The molecule has 0 bridgehead atoms. The number of benzene rings is 1. The van der Waals surface area contributed by atoms with Crippen molar-refractivity contribution in [3.05, 3.63) is 34.7 Å². The minimum Gasteiger partial charge on any atom is -0.481 e. The lowest BCUT2D eigenvalue weighted by molar-refractivity contribution is -0.140. The summed E-state index contributed by atoms with van der Waals surface area (Å²) in [6.45, 7) is 0.645. The number of rotatable bonds is 5. The van der Waals surface area contributed by atoms with Crippen LogP contribution in [0, 0.1) is 0 Å². The maximum atomic E-state index is 12.4. The second-order valence-corrected chi connectivity index (χ2v) is 6.04. The van der Waals surface area contributed by atoms with Crippen LogP contribution in [0.25, 0.3) is 11.0 Å². The van der Waals surface area contributed by atoms with E-state index in [4.69, 9.17) is 9.84 Å². The summed E-state index contributed by atoms with van der Waals surface area (Å²) in [5, 5.41) is 12.0. The number of aromatic amines is 1. The Labute approximate surface area is 137 Å². The summed E-state index contributed by atoms with van der Waals surface area (Å²) < 4.78 is 6.61. The third-order valence-electron chi connectivity index (χ3n) is 4.33. The van der Waals surface area contributed by atoms with Crippen LogP contribution < -0.4 is 11.0 Å². The summed E-state index contributed by atoms with van der Waals surface area (Å²) in [6, 6.07) is 7.10. The third kappa shape index (κ3) is 3.33. The number of aliphatic carboxylic acids is 1. The Hall–Kier alpha value is -2.61. The van der Waals surface area contributed by atoms with Gasteiger partial charge in [0.1, 0.15) is 6.54 Å². The zero-order valence-corrected chi connectivity index (χ0v) is 13.1. The molecule has 1 fully saturated rings. The SMILES string of the molecule is O=C(O)CC1(NC(=O)Cn2c(=O)[nH]c3ccccc32)CCOCC1. The minimum atomic E-state index is -0.971. The highest BCUT2D eigenvalue weighted by molar-refractivity contribution is 5.81. The Bertz CT molecular complexity index is 816. The van der Waals surface area contributed by atoms with Gasteiger partial charge in [0.2, 0.25) is 5.91 Å². The number of carboxylic acid groups (broad SMARTS) is 1. The number of para-hydroxylation sites is 2. The largest absolute Gasteiger partial charge is 0.481 e. The number of hydrogen-bond acceptors (Lipinski definition) is 4. The Morgan fingerprint density at radius 3 is 2.71 bits per heavy atom. The monoisotopic (exact) mass is 333 g/mol. The molecule has 1 amide bonds. The van der Waals surface area contributed by atoms with Gasteiger partial charge in [-0.1, -0.05) is 12.1 Å². The van der Waals surface area contributed by atoms with Crippen LogP contribution in [0.1, 0.15) is 19.3 Å². The van der Waals surface area contributed by atoms with E-state index in [1.807, 2.05) is 0 Å². The van der Waals surface area contributed by atoms with Crippen LogP contribution in [0.5, 0.6) is 0 Å². The van der Waals surface area contributed by atoms with Crippen molar-refractivity contribution in [3.8, 4) is 0 Å². The van der Waals surface area contributed by atoms with Crippen molar-refractivity contribution < 1.29 is 19.4 Å². The normalized spacial score (nSPS) is 16.8. The van der Waals surface area contributed by atoms with E-state index in [2.05, 4.69) is 10.3 Å². The summed E-state index contributed by atoms with van der Waals surface area (Å²) in [5.41, 5.74) is 0.0980. The molecular weight excluding hydrogens is 314 g/mol. The molecule has 1 aliphatic rings. The second-order valence-electron chi connectivity index (χ2n) is 6.04. The molecule has 0 unspecified atom stereocenters. The van der Waals surface area contributed by atoms with E-state index in [0.29, 0.717) is 37.1 Å². The topological polar surface area (TPSA) is 113 Å². The van der Waals surface area contributed by atoms with Gasteiger partial charge in [0.05, 0.1) is 23.0 Å². The van der Waals surface area contributed by atoms with Crippen LogP contribution in [0.4, 0.5) is 0 Å². The molecule has 24 heavy (non-hydrogen) atoms. The van der Waals surface area contributed by atoms with Gasteiger partial charge in [0.25, 0.3) is 0 Å². The quantitative estimate of drug-likeness (QED) is 0.736. The van der Waals surface area contributed by atoms with Gasteiger partial charge in [0.15, 0.2) is 0 Å². The number of carbonyl (C=O) groups excluding carboxylic acids is 1. The highest BCUT2D eigenvalue weighted by Crippen LogP contribution is 2.24. The Kier molecular flexibility index (Phi) is 4.39. The van der Waals surface area contributed by atoms with Gasteiger partial charge >= 0.3 is 11.7 Å². The molecule has 2 aromatic rings. The molecule has 0 saturated carbocycles. The van der Waals surface area contributed by atoms with E-state index in [1.54, 1.807) is 24.3 Å². The van der Waals surface area contributed by atoms with Gasteiger partial charge < -0.3 is 20.1 Å². The fourth-order valence-electron chi connectivity index (χ4n) is 3.14. The number of hydrogen-bond donors (Lipinski definition) is 3. The molecular formula is C16H19N3O5. The zero-order valence-electron chi connectivity index (χ0n) is 13.1. The maximum Gasteiger partial charge on any atom is 0.326 e. The van der Waals surface area contributed by atoms with E-state index < -0.39 is 11.5 Å². The second kappa shape index (κ2) is 6.48. The van der Waals surface area contributed by atoms with Crippen molar-refractivity contribution in [2.75, 3.05) is 13.2 Å². The van der Waals surface area contributed by atoms with Crippen molar-refractivity contribution in [3.63, 3.8) is 0 Å². The van der Waals surface area contributed by atoms with Crippen LogP contribution >= 0.6 is 0 Å². The molecule has 8 nitrogen and oxygen atoms in total. The molecule has 1 aromatic carbocycles. The highest BCUT2D eigenvalue weighted by atomic mass is 16.5. The minimum absolute atomic E-state index is 0.162. The molecule has 1 aromatic heterocycles. The summed E-state index contributed by atoms with van der Waals surface area (Å²) in [6.07, 6.45) is 0.715.